The third-order valence-corrected chi connectivity index (χ3v) is 3.06. The molecule has 0 bridgehead atoms. The van der Waals surface area contributed by atoms with Gasteiger partial charge >= 0.3 is 5.97 Å². The minimum absolute atomic E-state index is 0.163. The van der Waals surface area contributed by atoms with Crippen molar-refractivity contribution in [2.24, 2.45) is 0 Å². The molecule has 0 spiro atoms. The second-order valence-electron chi connectivity index (χ2n) is 4.75. The molecule has 2 N–H and O–H groups in total. The first-order valence-electron chi connectivity index (χ1n) is 7.51. The third kappa shape index (κ3) is 4.91. The van der Waals surface area contributed by atoms with Crippen LogP contribution in [0.3, 0.4) is 0 Å². The fraction of sp³-hybridized carbons (Fsp3) is 0.111. The summed E-state index contributed by atoms with van der Waals surface area (Å²) in [7, 11) is 0. The minimum atomic E-state index is -0.650. The van der Waals surface area contributed by atoms with Crippen LogP contribution >= 0.6 is 0 Å². The number of amides is 1. The smallest absolute Gasteiger partial charge is 0.340 e. The number of nitrogens with one attached hydrogen (secondary N) is 2. The van der Waals surface area contributed by atoms with Crippen molar-refractivity contribution in [3.8, 4) is 6.07 Å². The van der Waals surface area contributed by atoms with Gasteiger partial charge in [-0.05, 0) is 31.2 Å². The van der Waals surface area contributed by atoms with Gasteiger partial charge in [-0.2, -0.15) is 5.26 Å². The lowest BCUT2D eigenvalue weighted by atomic mass is 10.1. The zero-order chi connectivity index (χ0) is 18.1. The lowest BCUT2D eigenvalue weighted by molar-refractivity contribution is -0.112. The Morgan fingerprint density at radius 1 is 1.24 bits per heavy atom. The largest absolute Gasteiger partial charge is 0.462 e. The molecule has 1 aromatic carbocycles. The highest BCUT2D eigenvalue weighted by Gasteiger charge is 2.16. The van der Waals surface area contributed by atoms with Crippen LogP contribution in [0.25, 0.3) is 0 Å². The number of carbonyl (C=O) groups is 2. The van der Waals surface area contributed by atoms with Crippen molar-refractivity contribution in [2.75, 3.05) is 17.2 Å². The molecule has 0 saturated carbocycles. The van der Waals surface area contributed by atoms with Crippen molar-refractivity contribution in [1.29, 1.82) is 5.26 Å². The van der Waals surface area contributed by atoms with E-state index in [1.807, 2.05) is 6.07 Å². The Kier molecular flexibility index (Phi) is 6.25. The molecule has 0 radical (unpaired) electrons. The van der Waals surface area contributed by atoms with Crippen molar-refractivity contribution in [1.82, 2.24) is 4.98 Å². The number of nitriles is 1. The summed E-state index contributed by atoms with van der Waals surface area (Å²) >= 11 is 0. The summed E-state index contributed by atoms with van der Waals surface area (Å²) in [5, 5.41) is 14.5. The monoisotopic (exact) mass is 336 g/mol. The number of rotatable bonds is 6. The highest BCUT2D eigenvalue weighted by Crippen LogP contribution is 2.17. The van der Waals surface area contributed by atoms with E-state index < -0.39 is 11.9 Å². The Bertz CT molecular complexity index is 826. The Morgan fingerprint density at radius 2 is 2.00 bits per heavy atom. The van der Waals surface area contributed by atoms with Gasteiger partial charge in [0.2, 0.25) is 0 Å². The van der Waals surface area contributed by atoms with E-state index in [1.165, 1.54) is 12.3 Å². The summed E-state index contributed by atoms with van der Waals surface area (Å²) in [6.07, 6.45) is 2.84. The van der Waals surface area contributed by atoms with Crippen LogP contribution in [0.4, 0.5) is 11.5 Å². The summed E-state index contributed by atoms with van der Waals surface area (Å²) in [5.74, 6) is -0.704. The van der Waals surface area contributed by atoms with Crippen molar-refractivity contribution < 1.29 is 14.3 Å². The molecule has 7 heteroatoms. The van der Waals surface area contributed by atoms with E-state index in [-0.39, 0.29) is 23.4 Å². The molecule has 25 heavy (non-hydrogen) atoms. The molecule has 2 rings (SSSR count). The Balaban J connectivity index is 2.15. The molecular formula is C18H16N4O3. The molecule has 0 aliphatic carbocycles. The number of benzene rings is 1. The number of esters is 1. The van der Waals surface area contributed by atoms with Crippen molar-refractivity contribution >= 4 is 23.4 Å². The zero-order valence-electron chi connectivity index (χ0n) is 13.5. The van der Waals surface area contributed by atoms with Crippen molar-refractivity contribution in [3.05, 3.63) is 66.0 Å². The molecule has 1 heterocycles. The molecule has 0 saturated heterocycles. The summed E-state index contributed by atoms with van der Waals surface area (Å²) in [6, 6.07) is 13.4. The van der Waals surface area contributed by atoms with Crippen LogP contribution in [0.5, 0.6) is 0 Å². The van der Waals surface area contributed by atoms with Crippen LogP contribution < -0.4 is 10.6 Å². The van der Waals surface area contributed by atoms with Gasteiger partial charge in [0.15, 0.2) is 0 Å². The first-order chi connectivity index (χ1) is 12.2. The van der Waals surface area contributed by atoms with Crippen LogP contribution in [0, 0.1) is 11.3 Å². The molecule has 2 aromatic rings. The van der Waals surface area contributed by atoms with E-state index in [2.05, 4.69) is 15.6 Å². The average Bonchev–Trinajstić information content (AvgIpc) is 2.63. The lowest BCUT2D eigenvalue weighted by Gasteiger charge is -2.10. The third-order valence-electron chi connectivity index (χ3n) is 3.06. The number of carbonyl (C=O) groups excluding carboxylic acids is 2. The second-order valence-corrected chi connectivity index (χ2v) is 4.75. The predicted molar refractivity (Wildman–Crippen MR) is 92.6 cm³/mol. The Labute approximate surface area is 145 Å². The molecule has 1 amide bonds. The van der Waals surface area contributed by atoms with E-state index in [0.717, 1.165) is 0 Å². The van der Waals surface area contributed by atoms with Crippen molar-refractivity contribution in [2.45, 2.75) is 6.92 Å². The number of hydrogen-bond donors (Lipinski definition) is 2. The van der Waals surface area contributed by atoms with Gasteiger partial charge in [-0.3, -0.25) is 4.79 Å². The number of hydrogen-bond acceptors (Lipinski definition) is 6. The molecular weight excluding hydrogens is 320 g/mol. The van der Waals surface area contributed by atoms with Gasteiger partial charge in [0.1, 0.15) is 17.5 Å². The minimum Gasteiger partial charge on any atom is -0.462 e. The van der Waals surface area contributed by atoms with Crippen LogP contribution in [-0.2, 0) is 9.53 Å². The first-order valence-corrected chi connectivity index (χ1v) is 7.51. The fourth-order valence-electron chi connectivity index (χ4n) is 1.91. The maximum atomic E-state index is 12.3. The van der Waals surface area contributed by atoms with Crippen LogP contribution in [-0.4, -0.2) is 23.5 Å². The Hall–Kier alpha value is -3.66. The fourth-order valence-corrected chi connectivity index (χ4v) is 1.91. The first kappa shape index (κ1) is 17.7. The second kappa shape index (κ2) is 8.84. The molecule has 0 fully saturated rings. The number of ether oxygens (including phenoxy) is 1. The van der Waals surface area contributed by atoms with E-state index in [1.54, 1.807) is 49.5 Å². The van der Waals surface area contributed by atoms with Gasteiger partial charge in [0.05, 0.1) is 17.9 Å². The summed E-state index contributed by atoms with van der Waals surface area (Å²) in [5.41, 5.74) is 0.321. The van der Waals surface area contributed by atoms with E-state index in [4.69, 9.17) is 4.74 Å². The average molecular weight is 336 g/mol. The maximum absolute atomic E-state index is 12.3. The molecule has 7 nitrogen and oxygen atoms in total. The predicted octanol–water partition coefficient (Wildman–Crippen LogP) is 2.72. The van der Waals surface area contributed by atoms with Crippen LogP contribution in [0.2, 0.25) is 0 Å². The highest BCUT2D eigenvalue weighted by molar-refractivity contribution is 6.09. The molecule has 126 valence electrons. The molecule has 0 unspecified atom stereocenters. The number of para-hydroxylation sites is 1. The summed E-state index contributed by atoms with van der Waals surface area (Å²) < 4.78 is 4.95. The maximum Gasteiger partial charge on any atom is 0.340 e. The number of anilines is 2. The standard InChI is InChI=1S/C18H16N4O3/c1-2-25-18(24)14-7-3-4-8-15(14)22-17(23)13(11-19)12-21-16-9-5-6-10-20-16/h3-10,12H,2H2,1H3,(H,20,21)(H,22,23)/b13-12-. The van der Waals surface area contributed by atoms with Gasteiger partial charge in [-0.25, -0.2) is 9.78 Å². The SMILES string of the molecule is CCOC(=O)c1ccccc1NC(=O)/C(C#N)=C\Nc1ccccn1. The topological polar surface area (TPSA) is 104 Å². The van der Waals surface area contributed by atoms with Crippen molar-refractivity contribution in [3.63, 3.8) is 0 Å². The van der Waals surface area contributed by atoms with Crippen LogP contribution in [0.15, 0.2) is 60.4 Å². The lowest BCUT2D eigenvalue weighted by Crippen LogP contribution is -2.17. The van der Waals surface area contributed by atoms with Gasteiger partial charge in [-0.15, -0.1) is 0 Å². The quantitative estimate of drug-likeness (QED) is 0.477. The van der Waals surface area contributed by atoms with E-state index >= 15 is 0 Å². The normalized spacial score (nSPS) is 10.5. The zero-order valence-corrected chi connectivity index (χ0v) is 13.5. The number of aromatic nitrogens is 1. The van der Waals surface area contributed by atoms with Gasteiger partial charge < -0.3 is 15.4 Å². The van der Waals surface area contributed by atoms with E-state index in [0.29, 0.717) is 5.82 Å². The Morgan fingerprint density at radius 3 is 2.68 bits per heavy atom. The van der Waals surface area contributed by atoms with E-state index in [9.17, 15) is 14.9 Å². The molecule has 0 aliphatic rings. The summed E-state index contributed by atoms with van der Waals surface area (Å²) in [6.45, 7) is 1.91. The summed E-state index contributed by atoms with van der Waals surface area (Å²) in [4.78, 5) is 28.2. The highest BCUT2D eigenvalue weighted by atomic mass is 16.5. The van der Waals surface area contributed by atoms with Crippen LogP contribution in [0.1, 0.15) is 17.3 Å². The van der Waals surface area contributed by atoms with Gasteiger partial charge in [0, 0.05) is 12.4 Å². The van der Waals surface area contributed by atoms with Gasteiger partial charge in [0.25, 0.3) is 5.91 Å². The van der Waals surface area contributed by atoms with Gasteiger partial charge in [-0.1, -0.05) is 18.2 Å². The molecule has 1 aromatic heterocycles. The number of nitrogens with zero attached hydrogens (tertiary/aromatic N) is 2. The molecule has 0 aliphatic heterocycles. The molecule has 0 atom stereocenters. The number of pyridine rings is 1.